The van der Waals surface area contributed by atoms with Crippen LogP contribution in [0.1, 0.15) is 18.4 Å². The van der Waals surface area contributed by atoms with Crippen LogP contribution in [0.3, 0.4) is 0 Å². The lowest BCUT2D eigenvalue weighted by molar-refractivity contribution is 0.362. The fourth-order valence-corrected chi connectivity index (χ4v) is 2.93. The van der Waals surface area contributed by atoms with Crippen LogP contribution in [0.15, 0.2) is 24.3 Å². The summed E-state index contributed by atoms with van der Waals surface area (Å²) >= 11 is 1.93. The fourth-order valence-electron chi connectivity index (χ4n) is 1.97. The minimum absolute atomic E-state index is 0.147. The Hall–Kier alpha value is -0.540. The molecule has 0 spiro atoms. The summed E-state index contributed by atoms with van der Waals surface area (Å²) in [4.78, 5) is 2.53. The molecule has 1 heterocycles. The van der Waals surface area contributed by atoms with Gasteiger partial charge in [0.15, 0.2) is 0 Å². The smallest absolute Gasteiger partial charge is 0.123 e. The van der Waals surface area contributed by atoms with E-state index in [2.05, 4.69) is 4.90 Å². The first-order valence-corrected chi connectivity index (χ1v) is 7.04. The molecule has 1 fully saturated rings. The van der Waals surface area contributed by atoms with Crippen LogP contribution in [0.25, 0.3) is 0 Å². The maximum atomic E-state index is 12.7. The van der Waals surface area contributed by atoms with Gasteiger partial charge in [-0.25, -0.2) is 4.39 Å². The Morgan fingerprint density at radius 2 is 1.81 bits per heavy atom. The van der Waals surface area contributed by atoms with Crippen molar-refractivity contribution >= 4 is 11.8 Å². The number of benzene rings is 1. The molecule has 0 saturated carbocycles. The van der Waals surface area contributed by atoms with Crippen molar-refractivity contribution < 1.29 is 4.39 Å². The van der Waals surface area contributed by atoms with E-state index >= 15 is 0 Å². The third-order valence-corrected chi connectivity index (χ3v) is 3.94. The van der Waals surface area contributed by atoms with Crippen molar-refractivity contribution in [2.24, 2.45) is 0 Å². The van der Waals surface area contributed by atoms with Crippen LogP contribution in [0.5, 0.6) is 0 Å². The second kappa shape index (κ2) is 6.26. The fraction of sp³-hybridized carbons (Fsp3) is 0.538. The molecule has 1 aliphatic heterocycles. The molecule has 0 unspecified atom stereocenters. The molecule has 0 aromatic heterocycles. The van der Waals surface area contributed by atoms with Crippen LogP contribution in [-0.4, -0.2) is 30.3 Å². The Morgan fingerprint density at radius 1 is 1.12 bits per heavy atom. The van der Waals surface area contributed by atoms with Crippen molar-refractivity contribution in [2.75, 3.05) is 25.4 Å². The molecule has 2 rings (SSSR count). The van der Waals surface area contributed by atoms with Gasteiger partial charge in [-0.15, -0.1) is 0 Å². The van der Waals surface area contributed by atoms with Crippen LogP contribution in [-0.2, 0) is 5.75 Å². The van der Waals surface area contributed by atoms with E-state index < -0.39 is 0 Å². The topological polar surface area (TPSA) is 3.24 Å². The van der Waals surface area contributed by atoms with E-state index in [0.29, 0.717) is 0 Å². The Kier molecular flexibility index (Phi) is 4.67. The highest BCUT2D eigenvalue weighted by molar-refractivity contribution is 7.98. The summed E-state index contributed by atoms with van der Waals surface area (Å²) in [5, 5.41) is 0. The molecule has 0 aliphatic carbocycles. The number of halogens is 1. The molecule has 1 nitrogen and oxygen atoms in total. The molecule has 1 aliphatic rings. The van der Waals surface area contributed by atoms with Crippen molar-refractivity contribution in [2.45, 2.75) is 18.6 Å². The van der Waals surface area contributed by atoms with Crippen LogP contribution in [0, 0.1) is 5.82 Å². The zero-order chi connectivity index (χ0) is 11.2. The van der Waals surface area contributed by atoms with Gasteiger partial charge in [0, 0.05) is 18.1 Å². The molecular weight excluding hydrogens is 221 g/mol. The largest absolute Gasteiger partial charge is 0.303 e. The predicted molar refractivity (Wildman–Crippen MR) is 68.2 cm³/mol. The van der Waals surface area contributed by atoms with E-state index in [1.54, 1.807) is 0 Å². The maximum Gasteiger partial charge on any atom is 0.123 e. The molecule has 3 heteroatoms. The molecule has 1 saturated heterocycles. The number of nitrogens with zero attached hydrogens (tertiary/aromatic N) is 1. The molecule has 16 heavy (non-hydrogen) atoms. The van der Waals surface area contributed by atoms with Crippen LogP contribution >= 0.6 is 11.8 Å². The van der Waals surface area contributed by atoms with E-state index in [9.17, 15) is 4.39 Å². The Bertz CT molecular complexity index is 306. The summed E-state index contributed by atoms with van der Waals surface area (Å²) in [6.07, 6.45) is 2.73. The molecule has 1 aromatic carbocycles. The van der Waals surface area contributed by atoms with E-state index in [1.165, 1.54) is 55.9 Å². The molecule has 0 amide bonds. The number of rotatable bonds is 5. The van der Waals surface area contributed by atoms with E-state index in [1.807, 2.05) is 23.9 Å². The minimum Gasteiger partial charge on any atom is -0.303 e. The minimum atomic E-state index is -0.147. The summed E-state index contributed by atoms with van der Waals surface area (Å²) in [5.41, 5.74) is 1.22. The van der Waals surface area contributed by atoms with Crippen molar-refractivity contribution in [1.82, 2.24) is 4.90 Å². The molecule has 0 N–H and O–H groups in total. The number of hydrogen-bond acceptors (Lipinski definition) is 2. The van der Waals surface area contributed by atoms with E-state index in [-0.39, 0.29) is 5.82 Å². The summed E-state index contributed by atoms with van der Waals surface area (Å²) in [7, 11) is 0. The average Bonchev–Trinajstić information content (AvgIpc) is 2.80. The molecule has 0 radical (unpaired) electrons. The molecular formula is C13H18FNS. The third kappa shape index (κ3) is 3.80. The highest BCUT2D eigenvalue weighted by Crippen LogP contribution is 2.14. The first-order chi connectivity index (χ1) is 7.84. The quantitative estimate of drug-likeness (QED) is 0.726. The highest BCUT2D eigenvalue weighted by atomic mass is 32.2. The van der Waals surface area contributed by atoms with Crippen LogP contribution in [0.2, 0.25) is 0 Å². The van der Waals surface area contributed by atoms with Gasteiger partial charge in [0.2, 0.25) is 0 Å². The van der Waals surface area contributed by atoms with Crippen molar-refractivity contribution in [3.05, 3.63) is 35.6 Å². The van der Waals surface area contributed by atoms with E-state index in [4.69, 9.17) is 0 Å². The highest BCUT2D eigenvalue weighted by Gasteiger charge is 2.10. The van der Waals surface area contributed by atoms with Crippen molar-refractivity contribution in [3.8, 4) is 0 Å². The molecule has 1 aromatic rings. The summed E-state index contributed by atoms with van der Waals surface area (Å²) in [6.45, 7) is 3.75. The van der Waals surface area contributed by atoms with Gasteiger partial charge in [0.05, 0.1) is 0 Å². The van der Waals surface area contributed by atoms with Gasteiger partial charge in [0.1, 0.15) is 5.82 Å². The van der Waals surface area contributed by atoms with Gasteiger partial charge in [-0.1, -0.05) is 12.1 Å². The molecule has 0 atom stereocenters. The average molecular weight is 239 g/mol. The molecule has 0 bridgehead atoms. The standard InChI is InChI=1S/C13H18FNS/c14-13-5-3-12(4-6-13)11-16-10-9-15-7-1-2-8-15/h3-6H,1-2,7-11H2. The van der Waals surface area contributed by atoms with Gasteiger partial charge < -0.3 is 4.90 Å². The zero-order valence-electron chi connectivity index (χ0n) is 9.49. The SMILES string of the molecule is Fc1ccc(CSCCN2CCCC2)cc1. The van der Waals surface area contributed by atoms with Crippen molar-refractivity contribution in [1.29, 1.82) is 0 Å². The Balaban J connectivity index is 1.62. The second-order valence-corrected chi connectivity index (χ2v) is 5.33. The first-order valence-electron chi connectivity index (χ1n) is 5.89. The molecule has 88 valence electrons. The third-order valence-electron chi connectivity index (χ3n) is 2.93. The number of likely N-dealkylation sites (tertiary alicyclic amines) is 1. The number of hydrogen-bond donors (Lipinski definition) is 0. The predicted octanol–water partition coefficient (Wildman–Crippen LogP) is 3.15. The van der Waals surface area contributed by atoms with Crippen LogP contribution < -0.4 is 0 Å². The van der Waals surface area contributed by atoms with Gasteiger partial charge in [0.25, 0.3) is 0 Å². The van der Waals surface area contributed by atoms with Crippen LogP contribution in [0.4, 0.5) is 4.39 Å². The summed E-state index contributed by atoms with van der Waals surface area (Å²) < 4.78 is 12.7. The normalized spacial score (nSPS) is 16.8. The maximum absolute atomic E-state index is 12.7. The van der Waals surface area contributed by atoms with Gasteiger partial charge in [-0.05, 0) is 43.6 Å². The Labute approximate surface area is 101 Å². The van der Waals surface area contributed by atoms with E-state index in [0.717, 1.165) is 5.75 Å². The monoisotopic (exact) mass is 239 g/mol. The first kappa shape index (κ1) is 11.9. The van der Waals surface area contributed by atoms with Gasteiger partial charge in [-0.2, -0.15) is 11.8 Å². The Morgan fingerprint density at radius 3 is 2.50 bits per heavy atom. The van der Waals surface area contributed by atoms with Gasteiger partial charge >= 0.3 is 0 Å². The zero-order valence-corrected chi connectivity index (χ0v) is 10.3. The van der Waals surface area contributed by atoms with Gasteiger partial charge in [-0.3, -0.25) is 0 Å². The summed E-state index contributed by atoms with van der Waals surface area (Å²) in [5.74, 6) is 2.02. The van der Waals surface area contributed by atoms with Crippen molar-refractivity contribution in [3.63, 3.8) is 0 Å². The lowest BCUT2D eigenvalue weighted by Crippen LogP contribution is -2.21. The number of thioether (sulfide) groups is 1. The lowest BCUT2D eigenvalue weighted by Gasteiger charge is -2.13. The lowest BCUT2D eigenvalue weighted by atomic mass is 10.2. The summed E-state index contributed by atoms with van der Waals surface area (Å²) in [6, 6.07) is 6.82. The second-order valence-electron chi connectivity index (χ2n) is 4.23.